The molecule has 1 amide bonds. The van der Waals surface area contributed by atoms with E-state index in [0.717, 1.165) is 31.9 Å². The van der Waals surface area contributed by atoms with Crippen molar-refractivity contribution in [3.8, 4) is 0 Å². The summed E-state index contributed by atoms with van der Waals surface area (Å²) in [6.07, 6.45) is 3.20. The molecule has 0 aromatic carbocycles. The van der Waals surface area contributed by atoms with Crippen molar-refractivity contribution in [2.24, 2.45) is 0 Å². The molecule has 0 saturated carbocycles. The smallest absolute Gasteiger partial charge is 0.274 e. The lowest BCUT2D eigenvalue weighted by atomic mass is 10.2. The number of hydrogen-bond acceptors (Lipinski definition) is 4. The van der Waals surface area contributed by atoms with E-state index in [1.165, 1.54) is 0 Å². The van der Waals surface area contributed by atoms with Crippen LogP contribution in [0.5, 0.6) is 0 Å². The minimum Gasteiger partial charge on any atom is -0.335 e. The van der Waals surface area contributed by atoms with Crippen LogP contribution in [0.25, 0.3) is 0 Å². The van der Waals surface area contributed by atoms with Crippen LogP contribution in [0.15, 0.2) is 12.4 Å². The normalized spacial score (nSPS) is 17.2. The van der Waals surface area contributed by atoms with E-state index >= 15 is 0 Å². The first-order valence-electron chi connectivity index (χ1n) is 6.40. The molecule has 0 N–H and O–H groups in total. The summed E-state index contributed by atoms with van der Waals surface area (Å²) >= 11 is 0. The van der Waals surface area contributed by atoms with Gasteiger partial charge in [-0.25, -0.2) is 4.98 Å². The van der Waals surface area contributed by atoms with E-state index in [2.05, 4.69) is 28.7 Å². The molecule has 0 spiro atoms. The van der Waals surface area contributed by atoms with Crippen LogP contribution in [0.2, 0.25) is 0 Å². The predicted octanol–water partition coefficient (Wildman–Crippen LogP) is 0.951. The number of rotatable bonds is 2. The molecule has 5 heteroatoms. The van der Waals surface area contributed by atoms with Crippen LogP contribution in [0.3, 0.4) is 0 Å². The fourth-order valence-corrected chi connectivity index (χ4v) is 2.11. The van der Waals surface area contributed by atoms with Gasteiger partial charge in [-0.2, -0.15) is 0 Å². The van der Waals surface area contributed by atoms with Crippen LogP contribution < -0.4 is 0 Å². The molecule has 0 unspecified atom stereocenters. The Morgan fingerprint density at radius 2 is 1.83 bits per heavy atom. The topological polar surface area (TPSA) is 49.3 Å². The third-order valence-electron chi connectivity index (χ3n) is 3.33. The SMILES string of the molecule is Cc1cnc(C(=O)N2CCN(C(C)C)CC2)cn1. The largest absolute Gasteiger partial charge is 0.335 e. The molecular formula is C13H20N4O. The van der Waals surface area contributed by atoms with E-state index < -0.39 is 0 Å². The van der Waals surface area contributed by atoms with Gasteiger partial charge in [-0.05, 0) is 20.8 Å². The summed E-state index contributed by atoms with van der Waals surface area (Å²) < 4.78 is 0. The molecule has 18 heavy (non-hydrogen) atoms. The maximum Gasteiger partial charge on any atom is 0.274 e. The minimum atomic E-state index is -0.00842. The number of piperazine rings is 1. The van der Waals surface area contributed by atoms with Gasteiger partial charge in [-0.3, -0.25) is 14.7 Å². The average molecular weight is 248 g/mol. The third-order valence-corrected chi connectivity index (χ3v) is 3.33. The number of carbonyl (C=O) groups is 1. The van der Waals surface area contributed by atoms with E-state index in [0.29, 0.717) is 11.7 Å². The van der Waals surface area contributed by atoms with Crippen molar-refractivity contribution in [3.63, 3.8) is 0 Å². The molecule has 0 bridgehead atoms. The molecule has 1 aliphatic heterocycles. The molecule has 5 nitrogen and oxygen atoms in total. The van der Waals surface area contributed by atoms with Crippen molar-refractivity contribution in [1.82, 2.24) is 19.8 Å². The summed E-state index contributed by atoms with van der Waals surface area (Å²) in [7, 11) is 0. The van der Waals surface area contributed by atoms with E-state index in [4.69, 9.17) is 0 Å². The zero-order valence-electron chi connectivity index (χ0n) is 11.3. The first-order valence-corrected chi connectivity index (χ1v) is 6.40. The number of aromatic nitrogens is 2. The van der Waals surface area contributed by atoms with Gasteiger partial charge in [0.05, 0.1) is 11.9 Å². The Hall–Kier alpha value is -1.49. The molecule has 1 fully saturated rings. The van der Waals surface area contributed by atoms with Gasteiger partial charge in [-0.15, -0.1) is 0 Å². The van der Waals surface area contributed by atoms with Gasteiger partial charge in [-0.1, -0.05) is 0 Å². The van der Waals surface area contributed by atoms with Gasteiger partial charge in [0.1, 0.15) is 5.69 Å². The fourth-order valence-electron chi connectivity index (χ4n) is 2.11. The van der Waals surface area contributed by atoms with Gasteiger partial charge in [0, 0.05) is 38.4 Å². The quantitative estimate of drug-likeness (QED) is 0.782. The molecular weight excluding hydrogens is 228 g/mol. The zero-order valence-corrected chi connectivity index (χ0v) is 11.3. The molecule has 1 aromatic heterocycles. The Morgan fingerprint density at radius 1 is 1.17 bits per heavy atom. The van der Waals surface area contributed by atoms with Gasteiger partial charge < -0.3 is 4.90 Å². The summed E-state index contributed by atoms with van der Waals surface area (Å²) in [5, 5.41) is 0. The minimum absolute atomic E-state index is 0.00842. The van der Waals surface area contributed by atoms with Crippen LogP contribution in [0, 0.1) is 6.92 Å². The highest BCUT2D eigenvalue weighted by molar-refractivity contribution is 5.92. The third kappa shape index (κ3) is 2.85. The van der Waals surface area contributed by atoms with Gasteiger partial charge >= 0.3 is 0 Å². The molecule has 98 valence electrons. The molecule has 2 heterocycles. The van der Waals surface area contributed by atoms with Gasteiger partial charge in [0.25, 0.3) is 5.91 Å². The Balaban J connectivity index is 1.97. The Kier molecular flexibility index (Phi) is 3.91. The highest BCUT2D eigenvalue weighted by Gasteiger charge is 2.23. The molecule has 1 aromatic rings. The standard InChI is InChI=1S/C13H20N4O/c1-10(2)16-4-6-17(7-5-16)13(18)12-9-14-11(3)8-15-12/h8-10H,4-7H2,1-3H3. The molecule has 0 atom stereocenters. The second-order valence-electron chi connectivity index (χ2n) is 4.96. The lowest BCUT2D eigenvalue weighted by Gasteiger charge is -2.36. The van der Waals surface area contributed by atoms with Crippen LogP contribution in [0.1, 0.15) is 30.0 Å². The summed E-state index contributed by atoms with van der Waals surface area (Å²) in [5.74, 6) is -0.00842. The second kappa shape index (κ2) is 5.44. The van der Waals surface area contributed by atoms with Crippen molar-refractivity contribution in [3.05, 3.63) is 23.8 Å². The molecule has 2 rings (SSSR count). The molecule has 1 saturated heterocycles. The first-order chi connectivity index (χ1) is 8.58. The summed E-state index contributed by atoms with van der Waals surface area (Å²) in [6.45, 7) is 9.64. The number of amides is 1. The van der Waals surface area contributed by atoms with Crippen molar-refractivity contribution in [2.75, 3.05) is 26.2 Å². The molecule has 1 aliphatic rings. The number of nitrogens with zero attached hydrogens (tertiary/aromatic N) is 4. The maximum absolute atomic E-state index is 12.2. The lowest BCUT2D eigenvalue weighted by molar-refractivity contribution is 0.0589. The Labute approximate surface area is 108 Å². The van der Waals surface area contributed by atoms with E-state index in [1.54, 1.807) is 12.4 Å². The van der Waals surface area contributed by atoms with Crippen LogP contribution in [-0.2, 0) is 0 Å². The van der Waals surface area contributed by atoms with Crippen molar-refractivity contribution in [2.45, 2.75) is 26.8 Å². The van der Waals surface area contributed by atoms with Gasteiger partial charge in [0.15, 0.2) is 0 Å². The number of carbonyl (C=O) groups excluding carboxylic acids is 1. The second-order valence-corrected chi connectivity index (χ2v) is 4.96. The zero-order chi connectivity index (χ0) is 13.1. The Morgan fingerprint density at radius 3 is 2.33 bits per heavy atom. The monoisotopic (exact) mass is 248 g/mol. The van der Waals surface area contributed by atoms with E-state index in [-0.39, 0.29) is 5.91 Å². The average Bonchev–Trinajstić information content (AvgIpc) is 2.39. The van der Waals surface area contributed by atoms with Gasteiger partial charge in [0.2, 0.25) is 0 Å². The summed E-state index contributed by atoms with van der Waals surface area (Å²) in [5.41, 5.74) is 1.27. The summed E-state index contributed by atoms with van der Waals surface area (Å²) in [6, 6.07) is 0.543. The number of aryl methyl sites for hydroxylation is 1. The van der Waals surface area contributed by atoms with Crippen molar-refractivity contribution >= 4 is 5.91 Å². The van der Waals surface area contributed by atoms with Crippen LogP contribution in [0.4, 0.5) is 0 Å². The lowest BCUT2D eigenvalue weighted by Crippen LogP contribution is -2.50. The summed E-state index contributed by atoms with van der Waals surface area (Å²) in [4.78, 5) is 24.7. The number of hydrogen-bond donors (Lipinski definition) is 0. The molecule has 0 radical (unpaired) electrons. The maximum atomic E-state index is 12.2. The van der Waals surface area contributed by atoms with Crippen LogP contribution in [-0.4, -0.2) is 57.9 Å². The Bertz CT molecular complexity index is 408. The van der Waals surface area contributed by atoms with Crippen molar-refractivity contribution in [1.29, 1.82) is 0 Å². The van der Waals surface area contributed by atoms with Crippen LogP contribution >= 0.6 is 0 Å². The van der Waals surface area contributed by atoms with Crippen molar-refractivity contribution < 1.29 is 4.79 Å². The van der Waals surface area contributed by atoms with E-state index in [9.17, 15) is 4.79 Å². The predicted molar refractivity (Wildman–Crippen MR) is 69.4 cm³/mol. The highest BCUT2D eigenvalue weighted by atomic mass is 16.2. The highest BCUT2D eigenvalue weighted by Crippen LogP contribution is 2.08. The molecule has 0 aliphatic carbocycles. The fraction of sp³-hybridized carbons (Fsp3) is 0.615. The van der Waals surface area contributed by atoms with E-state index in [1.807, 2.05) is 11.8 Å². The first kappa shape index (κ1) is 13.0.